The van der Waals surface area contributed by atoms with Crippen LogP contribution in [0, 0.1) is 0 Å². The van der Waals surface area contributed by atoms with Crippen molar-refractivity contribution < 1.29 is 9.53 Å². The third kappa shape index (κ3) is 3.28. The highest BCUT2D eigenvalue weighted by atomic mass is 79.9. The van der Waals surface area contributed by atoms with E-state index in [2.05, 4.69) is 21.2 Å². The highest BCUT2D eigenvalue weighted by Crippen LogP contribution is 2.15. The molecule has 1 aliphatic rings. The standard InChI is InChI=1S/C12H13BrN2O2S/c13-10-4-2-1-3-9(10)11(16)14-12(18)15-5-7-17-8-6-15/h1-4H,5-8H2,(H,14,16,18). The Morgan fingerprint density at radius 1 is 1.33 bits per heavy atom. The van der Waals surface area contributed by atoms with Gasteiger partial charge in [0.15, 0.2) is 5.11 Å². The Labute approximate surface area is 119 Å². The number of morpholine rings is 1. The van der Waals surface area contributed by atoms with Crippen molar-refractivity contribution in [2.24, 2.45) is 0 Å². The number of nitrogens with one attached hydrogen (secondary N) is 1. The number of halogens is 1. The van der Waals surface area contributed by atoms with Crippen molar-refractivity contribution in [3.05, 3.63) is 34.3 Å². The summed E-state index contributed by atoms with van der Waals surface area (Å²) in [6.07, 6.45) is 0. The monoisotopic (exact) mass is 328 g/mol. The van der Waals surface area contributed by atoms with Crippen LogP contribution in [0.3, 0.4) is 0 Å². The quantitative estimate of drug-likeness (QED) is 0.798. The van der Waals surface area contributed by atoms with Gasteiger partial charge in [0.25, 0.3) is 5.91 Å². The summed E-state index contributed by atoms with van der Waals surface area (Å²) in [6.45, 7) is 2.72. The van der Waals surface area contributed by atoms with Crippen LogP contribution in [0.5, 0.6) is 0 Å². The van der Waals surface area contributed by atoms with Gasteiger partial charge in [-0.3, -0.25) is 10.1 Å². The number of nitrogens with zero attached hydrogens (tertiary/aromatic N) is 1. The summed E-state index contributed by atoms with van der Waals surface area (Å²) in [5, 5.41) is 3.20. The normalized spacial score (nSPS) is 15.3. The topological polar surface area (TPSA) is 41.6 Å². The molecule has 1 saturated heterocycles. The van der Waals surface area contributed by atoms with E-state index in [0.717, 1.165) is 17.6 Å². The Kier molecular flexibility index (Phi) is 4.68. The number of ether oxygens (including phenoxy) is 1. The fourth-order valence-corrected chi connectivity index (χ4v) is 2.40. The Balaban J connectivity index is 1.99. The van der Waals surface area contributed by atoms with Crippen LogP contribution < -0.4 is 5.32 Å². The molecule has 18 heavy (non-hydrogen) atoms. The molecule has 0 spiro atoms. The van der Waals surface area contributed by atoms with Crippen molar-refractivity contribution >= 4 is 39.2 Å². The van der Waals surface area contributed by atoms with Crippen molar-refractivity contribution in [3.63, 3.8) is 0 Å². The van der Waals surface area contributed by atoms with Crippen LogP contribution in [0.15, 0.2) is 28.7 Å². The Bertz CT molecular complexity index is 461. The van der Waals surface area contributed by atoms with Gasteiger partial charge in [0.2, 0.25) is 0 Å². The van der Waals surface area contributed by atoms with Crippen molar-refractivity contribution in [2.75, 3.05) is 26.3 Å². The molecule has 0 atom stereocenters. The van der Waals surface area contributed by atoms with E-state index in [4.69, 9.17) is 17.0 Å². The summed E-state index contributed by atoms with van der Waals surface area (Å²) in [6, 6.07) is 7.26. The zero-order chi connectivity index (χ0) is 13.0. The summed E-state index contributed by atoms with van der Waals surface area (Å²) < 4.78 is 5.99. The van der Waals surface area contributed by atoms with E-state index in [1.54, 1.807) is 6.07 Å². The van der Waals surface area contributed by atoms with Gasteiger partial charge in [0.05, 0.1) is 18.8 Å². The first kappa shape index (κ1) is 13.5. The largest absolute Gasteiger partial charge is 0.378 e. The van der Waals surface area contributed by atoms with E-state index >= 15 is 0 Å². The molecule has 1 aromatic carbocycles. The average Bonchev–Trinajstić information content (AvgIpc) is 2.40. The number of benzene rings is 1. The molecule has 1 aromatic rings. The molecule has 1 aliphatic heterocycles. The number of carbonyl (C=O) groups excluding carboxylic acids is 1. The van der Waals surface area contributed by atoms with Gasteiger partial charge in [-0.25, -0.2) is 0 Å². The maximum atomic E-state index is 12.0. The molecule has 0 unspecified atom stereocenters. The molecule has 2 rings (SSSR count). The second-order valence-electron chi connectivity index (χ2n) is 3.84. The summed E-state index contributed by atoms with van der Waals surface area (Å²) in [7, 11) is 0. The maximum absolute atomic E-state index is 12.0. The lowest BCUT2D eigenvalue weighted by Crippen LogP contribution is -2.47. The molecule has 1 N–H and O–H groups in total. The highest BCUT2D eigenvalue weighted by Gasteiger charge is 2.17. The average molecular weight is 329 g/mol. The molecular formula is C12H13BrN2O2S. The van der Waals surface area contributed by atoms with E-state index in [0.29, 0.717) is 23.9 Å². The SMILES string of the molecule is O=C(NC(=S)N1CCOCC1)c1ccccc1Br. The van der Waals surface area contributed by atoms with Crippen LogP contribution in [0.1, 0.15) is 10.4 Å². The zero-order valence-corrected chi connectivity index (χ0v) is 12.1. The van der Waals surface area contributed by atoms with Crippen LogP contribution in [-0.4, -0.2) is 42.2 Å². The molecule has 6 heteroatoms. The van der Waals surface area contributed by atoms with Gasteiger partial charge in [-0.2, -0.15) is 0 Å². The van der Waals surface area contributed by atoms with Crippen LogP contribution in [0.2, 0.25) is 0 Å². The van der Waals surface area contributed by atoms with Crippen molar-refractivity contribution in [2.45, 2.75) is 0 Å². The fraction of sp³-hybridized carbons (Fsp3) is 0.333. The third-order valence-electron chi connectivity index (χ3n) is 2.64. The second-order valence-corrected chi connectivity index (χ2v) is 5.08. The lowest BCUT2D eigenvalue weighted by molar-refractivity contribution is 0.0669. The molecule has 0 saturated carbocycles. The van der Waals surface area contributed by atoms with Gasteiger partial charge in [-0.05, 0) is 40.3 Å². The maximum Gasteiger partial charge on any atom is 0.258 e. The van der Waals surface area contributed by atoms with E-state index in [1.807, 2.05) is 23.1 Å². The predicted octanol–water partition coefficient (Wildman–Crippen LogP) is 1.80. The lowest BCUT2D eigenvalue weighted by atomic mass is 10.2. The number of carbonyl (C=O) groups is 1. The summed E-state index contributed by atoms with van der Waals surface area (Å²) >= 11 is 8.56. The van der Waals surface area contributed by atoms with Crippen LogP contribution >= 0.6 is 28.1 Å². The van der Waals surface area contributed by atoms with E-state index in [9.17, 15) is 4.79 Å². The molecular weight excluding hydrogens is 316 g/mol. The minimum Gasteiger partial charge on any atom is -0.378 e. The van der Waals surface area contributed by atoms with Gasteiger partial charge in [-0.15, -0.1) is 0 Å². The third-order valence-corrected chi connectivity index (χ3v) is 3.69. The first-order valence-electron chi connectivity index (χ1n) is 5.61. The van der Waals surface area contributed by atoms with Gasteiger partial charge in [0, 0.05) is 17.6 Å². The molecule has 1 heterocycles. The minimum absolute atomic E-state index is 0.195. The summed E-state index contributed by atoms with van der Waals surface area (Å²) in [5.41, 5.74) is 0.577. The molecule has 4 nitrogen and oxygen atoms in total. The van der Waals surface area contributed by atoms with Crippen molar-refractivity contribution in [3.8, 4) is 0 Å². The van der Waals surface area contributed by atoms with Crippen molar-refractivity contribution in [1.29, 1.82) is 0 Å². The van der Waals surface area contributed by atoms with Gasteiger partial charge < -0.3 is 9.64 Å². The molecule has 0 aromatic heterocycles. The summed E-state index contributed by atoms with van der Waals surface area (Å²) in [4.78, 5) is 14.0. The van der Waals surface area contributed by atoms with Crippen LogP contribution in [0.25, 0.3) is 0 Å². The van der Waals surface area contributed by atoms with Gasteiger partial charge >= 0.3 is 0 Å². The number of amides is 1. The van der Waals surface area contributed by atoms with Gasteiger partial charge in [0.1, 0.15) is 0 Å². The fourth-order valence-electron chi connectivity index (χ4n) is 1.66. The number of hydrogen-bond acceptors (Lipinski definition) is 3. The Morgan fingerprint density at radius 3 is 2.67 bits per heavy atom. The molecule has 0 radical (unpaired) electrons. The second kappa shape index (κ2) is 6.26. The number of hydrogen-bond donors (Lipinski definition) is 1. The predicted molar refractivity (Wildman–Crippen MR) is 76.6 cm³/mol. The van der Waals surface area contributed by atoms with Crippen LogP contribution in [0.4, 0.5) is 0 Å². The Morgan fingerprint density at radius 2 is 2.00 bits per heavy atom. The number of rotatable bonds is 1. The molecule has 1 amide bonds. The van der Waals surface area contributed by atoms with E-state index < -0.39 is 0 Å². The number of thiocarbonyl (C=S) groups is 1. The minimum atomic E-state index is -0.195. The lowest BCUT2D eigenvalue weighted by Gasteiger charge is -2.28. The molecule has 96 valence electrons. The van der Waals surface area contributed by atoms with E-state index in [-0.39, 0.29) is 5.91 Å². The molecule has 0 bridgehead atoms. The zero-order valence-electron chi connectivity index (χ0n) is 9.69. The van der Waals surface area contributed by atoms with E-state index in [1.165, 1.54) is 0 Å². The Hall–Kier alpha value is -0.980. The van der Waals surface area contributed by atoms with Crippen LogP contribution in [-0.2, 0) is 4.74 Å². The van der Waals surface area contributed by atoms with Crippen molar-refractivity contribution in [1.82, 2.24) is 10.2 Å². The molecule has 0 aliphatic carbocycles. The summed E-state index contributed by atoms with van der Waals surface area (Å²) in [5.74, 6) is -0.195. The smallest absolute Gasteiger partial charge is 0.258 e. The highest BCUT2D eigenvalue weighted by molar-refractivity contribution is 9.10. The molecule has 1 fully saturated rings. The first-order valence-corrected chi connectivity index (χ1v) is 6.81. The van der Waals surface area contributed by atoms with Gasteiger partial charge in [-0.1, -0.05) is 12.1 Å². The first-order chi connectivity index (χ1) is 8.68.